The summed E-state index contributed by atoms with van der Waals surface area (Å²) >= 11 is 11.8. The second-order valence-electron chi connectivity index (χ2n) is 4.31. The van der Waals surface area contributed by atoms with Crippen molar-refractivity contribution in [3.63, 3.8) is 0 Å². The summed E-state index contributed by atoms with van der Waals surface area (Å²) in [7, 11) is 0. The maximum absolute atomic E-state index is 11.4. The van der Waals surface area contributed by atoms with Crippen molar-refractivity contribution in [2.24, 2.45) is 0 Å². The lowest BCUT2D eigenvalue weighted by atomic mass is 10.1. The van der Waals surface area contributed by atoms with Crippen molar-refractivity contribution in [1.29, 1.82) is 0 Å². The van der Waals surface area contributed by atoms with E-state index in [-0.39, 0.29) is 13.0 Å². The van der Waals surface area contributed by atoms with Crippen molar-refractivity contribution in [3.05, 3.63) is 33.8 Å². The van der Waals surface area contributed by atoms with Gasteiger partial charge in [0.1, 0.15) is 0 Å². The monoisotopic (exact) mass is 334 g/mol. The number of aliphatic hydroxyl groups is 1. The smallest absolute Gasteiger partial charge is 0.332 e. The Morgan fingerprint density at radius 2 is 1.86 bits per heavy atom. The predicted octanol–water partition coefficient (Wildman–Crippen LogP) is 1.67. The van der Waals surface area contributed by atoms with E-state index in [9.17, 15) is 9.59 Å². The summed E-state index contributed by atoms with van der Waals surface area (Å²) in [6, 6.07) is 4.70. The molecule has 0 aliphatic rings. The minimum atomic E-state index is -1.47. The molecule has 2 amide bonds. The first-order chi connectivity index (χ1) is 9.90. The Balaban J connectivity index is 2.23. The van der Waals surface area contributed by atoms with Crippen LogP contribution in [0.1, 0.15) is 12.0 Å². The van der Waals surface area contributed by atoms with E-state index in [1.54, 1.807) is 18.2 Å². The van der Waals surface area contributed by atoms with Crippen LogP contribution in [0.25, 0.3) is 0 Å². The van der Waals surface area contributed by atoms with Crippen LogP contribution in [0.4, 0.5) is 4.79 Å². The molecule has 0 saturated heterocycles. The van der Waals surface area contributed by atoms with Gasteiger partial charge in [0.05, 0.1) is 0 Å². The molecule has 116 valence electrons. The average Bonchev–Trinajstić information content (AvgIpc) is 2.41. The molecule has 1 aromatic carbocycles. The first kappa shape index (κ1) is 17.6. The van der Waals surface area contributed by atoms with Gasteiger partial charge in [-0.1, -0.05) is 29.3 Å². The molecular formula is C13H16Cl2N2O4. The number of rotatable bonds is 7. The van der Waals surface area contributed by atoms with Crippen LogP contribution in [0.3, 0.4) is 0 Å². The standard InChI is InChI=1S/C13H16Cl2N2O4/c14-9-2-1-8(10(15)7-9)3-5-16-13(21)17-6-4-11(18)12(19)20/h1-2,7,11,18H,3-6H2,(H,19,20)(H2,16,17,21)/t11-/m0/s1. The highest BCUT2D eigenvalue weighted by molar-refractivity contribution is 6.35. The fraction of sp³-hybridized carbons (Fsp3) is 0.385. The lowest BCUT2D eigenvalue weighted by molar-refractivity contribution is -0.146. The minimum absolute atomic E-state index is 0.0498. The molecule has 0 aromatic heterocycles. The third-order valence-electron chi connectivity index (χ3n) is 2.68. The Kier molecular flexibility index (Phi) is 7.28. The van der Waals surface area contributed by atoms with Crippen LogP contribution in [0.5, 0.6) is 0 Å². The first-order valence-corrected chi connectivity index (χ1v) is 7.02. The van der Waals surface area contributed by atoms with E-state index in [2.05, 4.69) is 10.6 Å². The van der Waals surface area contributed by atoms with E-state index >= 15 is 0 Å². The SMILES string of the molecule is O=C(NCCc1ccc(Cl)cc1Cl)NCC[C@H](O)C(=O)O. The van der Waals surface area contributed by atoms with Gasteiger partial charge in [0, 0.05) is 29.6 Å². The Bertz CT molecular complexity index is 511. The van der Waals surface area contributed by atoms with Crippen LogP contribution in [0, 0.1) is 0 Å². The molecule has 0 saturated carbocycles. The Labute approximate surface area is 132 Å². The van der Waals surface area contributed by atoms with Crippen LogP contribution < -0.4 is 10.6 Å². The van der Waals surface area contributed by atoms with Gasteiger partial charge in [0.25, 0.3) is 0 Å². The molecule has 21 heavy (non-hydrogen) atoms. The molecule has 0 radical (unpaired) electrons. The highest BCUT2D eigenvalue weighted by Gasteiger charge is 2.12. The number of carboxylic acids is 1. The molecular weight excluding hydrogens is 319 g/mol. The number of hydrogen-bond donors (Lipinski definition) is 4. The largest absolute Gasteiger partial charge is 0.479 e. The van der Waals surface area contributed by atoms with E-state index in [0.29, 0.717) is 23.0 Å². The highest BCUT2D eigenvalue weighted by Crippen LogP contribution is 2.20. The Hall–Kier alpha value is -1.50. The Morgan fingerprint density at radius 3 is 2.48 bits per heavy atom. The number of aliphatic carboxylic acids is 1. The lowest BCUT2D eigenvalue weighted by Gasteiger charge is -2.09. The molecule has 0 fully saturated rings. The summed E-state index contributed by atoms with van der Waals surface area (Å²) in [5, 5.41) is 23.6. The van der Waals surface area contributed by atoms with Crippen LogP contribution in [-0.2, 0) is 11.2 Å². The molecule has 8 heteroatoms. The van der Waals surface area contributed by atoms with E-state index < -0.39 is 18.1 Å². The molecule has 4 N–H and O–H groups in total. The zero-order valence-corrected chi connectivity index (χ0v) is 12.6. The highest BCUT2D eigenvalue weighted by atomic mass is 35.5. The number of aliphatic hydroxyl groups excluding tert-OH is 1. The zero-order valence-electron chi connectivity index (χ0n) is 11.1. The minimum Gasteiger partial charge on any atom is -0.479 e. The lowest BCUT2D eigenvalue weighted by Crippen LogP contribution is -2.38. The normalized spacial score (nSPS) is 11.8. The van der Waals surface area contributed by atoms with Gasteiger partial charge >= 0.3 is 12.0 Å². The first-order valence-electron chi connectivity index (χ1n) is 6.26. The molecule has 1 atom stereocenters. The van der Waals surface area contributed by atoms with Crippen molar-refractivity contribution in [1.82, 2.24) is 10.6 Å². The third-order valence-corrected chi connectivity index (χ3v) is 3.27. The average molecular weight is 335 g/mol. The van der Waals surface area contributed by atoms with Crippen LogP contribution in [-0.4, -0.2) is 41.4 Å². The quantitative estimate of drug-likeness (QED) is 0.609. The maximum atomic E-state index is 11.4. The van der Waals surface area contributed by atoms with Gasteiger partial charge in [-0.3, -0.25) is 0 Å². The number of urea groups is 1. The summed E-state index contributed by atoms with van der Waals surface area (Å²) in [5.74, 6) is -1.31. The number of carbonyl (C=O) groups is 2. The summed E-state index contributed by atoms with van der Waals surface area (Å²) < 4.78 is 0. The topological polar surface area (TPSA) is 98.7 Å². The predicted molar refractivity (Wildman–Crippen MR) is 79.8 cm³/mol. The van der Waals surface area contributed by atoms with Crippen LogP contribution >= 0.6 is 23.2 Å². The molecule has 0 spiro atoms. The molecule has 0 heterocycles. The molecule has 1 rings (SSSR count). The van der Waals surface area contributed by atoms with Gasteiger partial charge in [-0.25, -0.2) is 9.59 Å². The second kappa shape index (κ2) is 8.71. The Morgan fingerprint density at radius 1 is 1.19 bits per heavy atom. The van der Waals surface area contributed by atoms with Gasteiger partial charge in [0.15, 0.2) is 6.10 Å². The number of carbonyl (C=O) groups excluding carboxylic acids is 1. The van der Waals surface area contributed by atoms with E-state index in [0.717, 1.165) is 5.56 Å². The number of benzene rings is 1. The van der Waals surface area contributed by atoms with Crippen molar-refractivity contribution >= 4 is 35.2 Å². The van der Waals surface area contributed by atoms with Gasteiger partial charge in [0.2, 0.25) is 0 Å². The molecule has 0 bridgehead atoms. The number of carboxylic acid groups (broad SMARTS) is 1. The number of hydrogen-bond acceptors (Lipinski definition) is 3. The molecule has 0 aliphatic carbocycles. The third kappa shape index (κ3) is 6.66. The fourth-order valence-electron chi connectivity index (χ4n) is 1.54. The van der Waals surface area contributed by atoms with E-state index in [1.807, 2.05) is 0 Å². The van der Waals surface area contributed by atoms with Crippen molar-refractivity contribution in [3.8, 4) is 0 Å². The van der Waals surface area contributed by atoms with Crippen molar-refractivity contribution in [2.45, 2.75) is 18.9 Å². The summed E-state index contributed by atoms with van der Waals surface area (Å²) in [5.41, 5.74) is 0.864. The molecule has 1 aromatic rings. The van der Waals surface area contributed by atoms with Crippen molar-refractivity contribution < 1.29 is 19.8 Å². The van der Waals surface area contributed by atoms with Crippen LogP contribution in [0.2, 0.25) is 10.0 Å². The number of amides is 2. The molecule has 0 unspecified atom stereocenters. The van der Waals surface area contributed by atoms with Gasteiger partial charge in [-0.2, -0.15) is 0 Å². The van der Waals surface area contributed by atoms with Gasteiger partial charge in [-0.15, -0.1) is 0 Å². The maximum Gasteiger partial charge on any atom is 0.332 e. The summed E-state index contributed by atoms with van der Waals surface area (Å²) in [6.45, 7) is 0.440. The molecule has 6 nitrogen and oxygen atoms in total. The van der Waals surface area contributed by atoms with Crippen LogP contribution in [0.15, 0.2) is 18.2 Å². The molecule has 0 aliphatic heterocycles. The van der Waals surface area contributed by atoms with Gasteiger partial charge < -0.3 is 20.8 Å². The summed E-state index contributed by atoms with van der Waals surface area (Å²) in [4.78, 5) is 21.8. The number of nitrogens with one attached hydrogen (secondary N) is 2. The van der Waals surface area contributed by atoms with Crippen molar-refractivity contribution in [2.75, 3.05) is 13.1 Å². The van der Waals surface area contributed by atoms with E-state index in [4.69, 9.17) is 33.4 Å². The fourth-order valence-corrected chi connectivity index (χ4v) is 2.05. The number of halogens is 2. The second-order valence-corrected chi connectivity index (χ2v) is 5.15. The van der Waals surface area contributed by atoms with Gasteiger partial charge in [-0.05, 0) is 24.1 Å². The summed E-state index contributed by atoms with van der Waals surface area (Å²) in [6.07, 6.45) is -0.981. The zero-order chi connectivity index (χ0) is 15.8. The van der Waals surface area contributed by atoms with E-state index in [1.165, 1.54) is 0 Å².